The Morgan fingerprint density at radius 2 is 1.81 bits per heavy atom. The third-order valence-electron chi connectivity index (χ3n) is 3.81. The van der Waals surface area contributed by atoms with Crippen LogP contribution in [0.5, 0.6) is 0 Å². The summed E-state index contributed by atoms with van der Waals surface area (Å²) in [4.78, 5) is 24.6. The van der Waals surface area contributed by atoms with Gasteiger partial charge in [0.1, 0.15) is 6.54 Å². The average Bonchev–Trinajstić information content (AvgIpc) is 3.28. The number of amides is 1. The summed E-state index contributed by atoms with van der Waals surface area (Å²) in [6.07, 6.45) is 5.55. The van der Waals surface area contributed by atoms with E-state index >= 15 is 0 Å². The van der Waals surface area contributed by atoms with E-state index < -0.39 is 5.97 Å². The number of hydrogen-bond acceptors (Lipinski definition) is 2. The minimum atomic E-state index is -0.940. The van der Waals surface area contributed by atoms with Gasteiger partial charge in [0, 0.05) is 6.04 Å². The fraction of sp³-hybridized carbons (Fsp3) is 0.529. The van der Waals surface area contributed by atoms with Crippen molar-refractivity contribution in [3.05, 3.63) is 35.4 Å². The number of carboxylic acid groups (broad SMARTS) is 1. The molecule has 1 N–H and O–H groups in total. The standard InChI is InChI=1S/C17H23NO3/c1-2-3-4-13-5-7-14(8-6-13)11-16(19)18(12-17(20)21)15-9-10-15/h5-8,15H,2-4,9-12H2,1H3,(H,20,21). The van der Waals surface area contributed by atoms with Crippen molar-refractivity contribution in [1.82, 2.24) is 4.90 Å². The molecule has 21 heavy (non-hydrogen) atoms. The van der Waals surface area contributed by atoms with Gasteiger partial charge < -0.3 is 10.0 Å². The van der Waals surface area contributed by atoms with E-state index in [1.807, 2.05) is 12.1 Å². The second-order valence-corrected chi connectivity index (χ2v) is 5.74. The Hall–Kier alpha value is -1.84. The molecular weight excluding hydrogens is 266 g/mol. The molecule has 2 rings (SSSR count). The van der Waals surface area contributed by atoms with Crippen LogP contribution in [0.2, 0.25) is 0 Å². The monoisotopic (exact) mass is 289 g/mol. The molecule has 1 aliphatic carbocycles. The van der Waals surface area contributed by atoms with Crippen LogP contribution in [0.4, 0.5) is 0 Å². The molecule has 0 saturated heterocycles. The molecule has 4 nitrogen and oxygen atoms in total. The number of aliphatic carboxylic acids is 1. The smallest absolute Gasteiger partial charge is 0.323 e. The topological polar surface area (TPSA) is 57.6 Å². The number of hydrogen-bond donors (Lipinski definition) is 1. The minimum absolute atomic E-state index is 0.0822. The molecular formula is C17H23NO3. The normalized spacial score (nSPS) is 14.0. The van der Waals surface area contributed by atoms with E-state index in [4.69, 9.17) is 5.11 Å². The number of unbranched alkanes of at least 4 members (excludes halogenated alkanes) is 1. The summed E-state index contributed by atoms with van der Waals surface area (Å²) in [5, 5.41) is 8.90. The van der Waals surface area contributed by atoms with E-state index in [0.717, 1.165) is 24.8 Å². The first-order chi connectivity index (χ1) is 10.1. The number of rotatable bonds is 8. The van der Waals surface area contributed by atoms with Crippen LogP contribution in [0.1, 0.15) is 43.7 Å². The van der Waals surface area contributed by atoms with Crippen LogP contribution in [0.3, 0.4) is 0 Å². The van der Waals surface area contributed by atoms with Gasteiger partial charge in [-0.3, -0.25) is 9.59 Å². The van der Waals surface area contributed by atoms with Crippen molar-refractivity contribution in [2.24, 2.45) is 0 Å². The van der Waals surface area contributed by atoms with Gasteiger partial charge in [-0.05, 0) is 36.8 Å². The third kappa shape index (κ3) is 4.88. The highest BCUT2D eigenvalue weighted by atomic mass is 16.4. The highest BCUT2D eigenvalue weighted by molar-refractivity contribution is 5.83. The molecule has 1 aromatic carbocycles. The Morgan fingerprint density at radius 1 is 1.19 bits per heavy atom. The lowest BCUT2D eigenvalue weighted by Crippen LogP contribution is -2.38. The Bertz CT molecular complexity index is 491. The summed E-state index contributed by atoms with van der Waals surface area (Å²) in [7, 11) is 0. The first-order valence-corrected chi connectivity index (χ1v) is 7.69. The van der Waals surface area contributed by atoms with E-state index in [2.05, 4.69) is 19.1 Å². The molecule has 0 aromatic heterocycles. The van der Waals surface area contributed by atoms with Gasteiger partial charge in [-0.2, -0.15) is 0 Å². The van der Waals surface area contributed by atoms with Crippen molar-refractivity contribution in [3.8, 4) is 0 Å². The number of carbonyl (C=O) groups is 2. The van der Waals surface area contributed by atoms with Crippen LogP contribution < -0.4 is 0 Å². The largest absolute Gasteiger partial charge is 0.480 e. The molecule has 1 aromatic rings. The van der Waals surface area contributed by atoms with Crippen molar-refractivity contribution < 1.29 is 14.7 Å². The lowest BCUT2D eigenvalue weighted by atomic mass is 10.0. The molecule has 0 spiro atoms. The fourth-order valence-corrected chi connectivity index (χ4v) is 2.43. The molecule has 0 bridgehead atoms. The molecule has 4 heteroatoms. The average molecular weight is 289 g/mol. The Labute approximate surface area is 125 Å². The summed E-state index contributed by atoms with van der Waals surface area (Å²) in [5.74, 6) is -1.02. The van der Waals surface area contributed by atoms with Crippen LogP contribution in [0, 0.1) is 0 Å². The molecule has 0 radical (unpaired) electrons. The molecule has 0 aliphatic heterocycles. The van der Waals surface area contributed by atoms with Crippen molar-refractivity contribution >= 4 is 11.9 Å². The third-order valence-corrected chi connectivity index (χ3v) is 3.81. The summed E-state index contributed by atoms with van der Waals surface area (Å²) >= 11 is 0. The summed E-state index contributed by atoms with van der Waals surface area (Å²) in [6.45, 7) is 1.99. The zero-order valence-corrected chi connectivity index (χ0v) is 12.5. The first kappa shape index (κ1) is 15.5. The van der Waals surface area contributed by atoms with Gasteiger partial charge in [-0.1, -0.05) is 37.6 Å². The molecule has 0 atom stereocenters. The molecule has 1 fully saturated rings. The number of carboxylic acids is 1. The van der Waals surface area contributed by atoms with Gasteiger partial charge in [0.05, 0.1) is 6.42 Å². The number of carbonyl (C=O) groups excluding carboxylic acids is 1. The van der Waals surface area contributed by atoms with Crippen LogP contribution in [-0.4, -0.2) is 34.5 Å². The van der Waals surface area contributed by atoms with Crippen LogP contribution in [-0.2, 0) is 22.4 Å². The predicted octanol–water partition coefficient (Wildman–Crippen LogP) is 2.65. The van der Waals surface area contributed by atoms with Gasteiger partial charge in [-0.25, -0.2) is 0 Å². The lowest BCUT2D eigenvalue weighted by molar-refractivity contribution is -0.144. The zero-order chi connectivity index (χ0) is 15.2. The second kappa shape index (κ2) is 7.25. The van der Waals surface area contributed by atoms with E-state index in [0.29, 0.717) is 0 Å². The van der Waals surface area contributed by atoms with Gasteiger partial charge >= 0.3 is 5.97 Å². The van der Waals surface area contributed by atoms with Gasteiger partial charge in [0.15, 0.2) is 0 Å². The Balaban J connectivity index is 1.92. The van der Waals surface area contributed by atoms with Crippen molar-refractivity contribution in [2.75, 3.05) is 6.54 Å². The lowest BCUT2D eigenvalue weighted by Gasteiger charge is -2.20. The second-order valence-electron chi connectivity index (χ2n) is 5.74. The van der Waals surface area contributed by atoms with Crippen molar-refractivity contribution in [3.63, 3.8) is 0 Å². The Kier molecular flexibility index (Phi) is 5.37. The van der Waals surface area contributed by atoms with Crippen LogP contribution in [0.15, 0.2) is 24.3 Å². The predicted molar refractivity (Wildman–Crippen MR) is 81.1 cm³/mol. The Morgan fingerprint density at radius 3 is 2.33 bits per heavy atom. The molecule has 1 amide bonds. The van der Waals surface area contributed by atoms with Crippen molar-refractivity contribution in [2.45, 2.75) is 51.5 Å². The number of benzene rings is 1. The quantitative estimate of drug-likeness (QED) is 0.800. The summed E-state index contributed by atoms with van der Waals surface area (Å²) in [6, 6.07) is 8.23. The summed E-state index contributed by atoms with van der Waals surface area (Å²) in [5.41, 5.74) is 2.24. The first-order valence-electron chi connectivity index (χ1n) is 7.69. The van der Waals surface area contributed by atoms with Crippen molar-refractivity contribution in [1.29, 1.82) is 0 Å². The molecule has 1 aliphatic rings. The maximum absolute atomic E-state index is 12.2. The van der Waals surface area contributed by atoms with Gasteiger partial charge in [0.2, 0.25) is 5.91 Å². The van der Waals surface area contributed by atoms with Gasteiger partial charge in [0.25, 0.3) is 0 Å². The molecule has 1 saturated carbocycles. The minimum Gasteiger partial charge on any atom is -0.480 e. The SMILES string of the molecule is CCCCc1ccc(CC(=O)N(CC(=O)O)C2CC2)cc1. The maximum Gasteiger partial charge on any atom is 0.323 e. The zero-order valence-electron chi connectivity index (χ0n) is 12.5. The van der Waals surface area contributed by atoms with Gasteiger partial charge in [-0.15, -0.1) is 0 Å². The highest BCUT2D eigenvalue weighted by Gasteiger charge is 2.33. The molecule has 0 heterocycles. The van der Waals surface area contributed by atoms with E-state index in [-0.39, 0.29) is 24.9 Å². The number of nitrogens with zero attached hydrogens (tertiary/aromatic N) is 1. The van der Waals surface area contributed by atoms with E-state index in [9.17, 15) is 9.59 Å². The summed E-state index contributed by atoms with van der Waals surface area (Å²) < 4.78 is 0. The molecule has 0 unspecified atom stereocenters. The fourth-order valence-electron chi connectivity index (χ4n) is 2.43. The maximum atomic E-state index is 12.2. The van der Waals surface area contributed by atoms with E-state index in [1.54, 1.807) is 0 Å². The molecule has 114 valence electrons. The van der Waals surface area contributed by atoms with Crippen LogP contribution in [0.25, 0.3) is 0 Å². The number of aryl methyl sites for hydroxylation is 1. The highest BCUT2D eigenvalue weighted by Crippen LogP contribution is 2.27. The van der Waals surface area contributed by atoms with Crippen LogP contribution >= 0.6 is 0 Å². The van der Waals surface area contributed by atoms with E-state index in [1.165, 1.54) is 23.3 Å².